The summed E-state index contributed by atoms with van der Waals surface area (Å²) in [6.07, 6.45) is 0. The Morgan fingerprint density at radius 1 is 1.33 bits per heavy atom. The zero-order chi connectivity index (χ0) is 15.4. The molecular formula is C16H20ClFN2S. The van der Waals surface area contributed by atoms with Gasteiger partial charge in [-0.2, -0.15) is 0 Å². The second-order valence-electron chi connectivity index (χ2n) is 5.02. The average Bonchev–Trinajstić information content (AvgIpc) is 2.83. The normalized spacial score (nSPS) is 12.4. The molecule has 1 atom stereocenters. The topological polar surface area (TPSA) is 15.3 Å². The Balaban J connectivity index is 2.28. The van der Waals surface area contributed by atoms with Crippen LogP contribution in [0.2, 0.25) is 4.34 Å². The lowest BCUT2D eigenvalue weighted by Crippen LogP contribution is -2.24. The number of thiophene rings is 1. The summed E-state index contributed by atoms with van der Waals surface area (Å²) in [7, 11) is 1.91. The number of benzene rings is 1. The highest BCUT2D eigenvalue weighted by atomic mass is 35.5. The maximum absolute atomic E-state index is 14.3. The van der Waals surface area contributed by atoms with E-state index in [2.05, 4.69) is 12.2 Å². The lowest BCUT2D eigenvalue weighted by molar-refractivity contribution is 0.579. The lowest BCUT2D eigenvalue weighted by atomic mass is 10.0. The summed E-state index contributed by atoms with van der Waals surface area (Å²) in [6, 6.07) is 9.21. The molecule has 0 aliphatic carbocycles. The summed E-state index contributed by atoms with van der Waals surface area (Å²) in [6.45, 7) is 5.59. The quantitative estimate of drug-likeness (QED) is 0.816. The van der Waals surface area contributed by atoms with Crippen LogP contribution in [-0.2, 0) is 6.54 Å². The van der Waals surface area contributed by atoms with Gasteiger partial charge < -0.3 is 10.2 Å². The van der Waals surface area contributed by atoms with Gasteiger partial charge in [0.2, 0.25) is 0 Å². The Morgan fingerprint density at radius 2 is 2.10 bits per heavy atom. The average molecular weight is 327 g/mol. The van der Waals surface area contributed by atoms with Gasteiger partial charge in [-0.1, -0.05) is 30.7 Å². The van der Waals surface area contributed by atoms with Gasteiger partial charge in [-0.25, -0.2) is 4.39 Å². The van der Waals surface area contributed by atoms with E-state index in [0.717, 1.165) is 21.3 Å². The van der Waals surface area contributed by atoms with E-state index in [4.69, 9.17) is 11.6 Å². The molecule has 0 aliphatic rings. The molecule has 114 valence electrons. The number of para-hydroxylation sites is 1. The van der Waals surface area contributed by atoms with Crippen molar-refractivity contribution in [2.45, 2.75) is 26.4 Å². The summed E-state index contributed by atoms with van der Waals surface area (Å²) in [5.41, 5.74) is 1.62. The van der Waals surface area contributed by atoms with Crippen molar-refractivity contribution in [2.75, 3.05) is 18.5 Å². The first-order valence-corrected chi connectivity index (χ1v) is 8.19. The summed E-state index contributed by atoms with van der Waals surface area (Å²) in [4.78, 5) is 3.06. The van der Waals surface area contributed by atoms with Crippen molar-refractivity contribution in [3.05, 3.63) is 50.9 Å². The van der Waals surface area contributed by atoms with E-state index in [1.165, 1.54) is 17.4 Å². The van der Waals surface area contributed by atoms with Gasteiger partial charge >= 0.3 is 0 Å². The van der Waals surface area contributed by atoms with E-state index in [0.29, 0.717) is 12.2 Å². The number of nitrogens with one attached hydrogen (secondary N) is 1. The minimum absolute atomic E-state index is 0.107. The lowest BCUT2D eigenvalue weighted by Gasteiger charge is -2.25. The van der Waals surface area contributed by atoms with Crippen LogP contribution in [0.5, 0.6) is 0 Å². The van der Waals surface area contributed by atoms with Crippen molar-refractivity contribution >= 4 is 28.6 Å². The summed E-state index contributed by atoms with van der Waals surface area (Å²) < 4.78 is 15.1. The van der Waals surface area contributed by atoms with Gasteiger partial charge in [0.25, 0.3) is 0 Å². The van der Waals surface area contributed by atoms with Crippen molar-refractivity contribution in [1.82, 2.24) is 5.32 Å². The van der Waals surface area contributed by atoms with Gasteiger partial charge in [0, 0.05) is 18.0 Å². The minimum Gasteiger partial charge on any atom is -0.367 e. The van der Waals surface area contributed by atoms with Crippen LogP contribution in [0.15, 0.2) is 30.3 Å². The Morgan fingerprint density at radius 3 is 2.71 bits per heavy atom. The minimum atomic E-state index is -0.192. The highest BCUT2D eigenvalue weighted by Crippen LogP contribution is 2.31. The molecule has 0 bridgehead atoms. The van der Waals surface area contributed by atoms with Gasteiger partial charge in [0.05, 0.1) is 16.6 Å². The molecule has 1 aromatic carbocycles. The van der Waals surface area contributed by atoms with Gasteiger partial charge in [-0.15, -0.1) is 11.3 Å². The zero-order valence-corrected chi connectivity index (χ0v) is 14.1. The molecule has 1 heterocycles. The van der Waals surface area contributed by atoms with Crippen LogP contribution in [-0.4, -0.2) is 13.6 Å². The fourth-order valence-corrected chi connectivity index (χ4v) is 3.59. The standard InChI is InChI=1S/C16H20ClFN2S/c1-4-19-11(2)13-6-5-7-14(18)16(13)20(3)10-12-8-9-15(17)21-12/h5-9,11,19H,4,10H2,1-3H3. The number of halogens is 2. The molecule has 0 saturated carbocycles. The molecule has 0 aliphatic heterocycles. The molecule has 0 saturated heterocycles. The fourth-order valence-electron chi connectivity index (χ4n) is 2.45. The monoisotopic (exact) mass is 326 g/mol. The molecule has 21 heavy (non-hydrogen) atoms. The first kappa shape index (κ1) is 16.3. The van der Waals surface area contributed by atoms with Crippen molar-refractivity contribution in [3.8, 4) is 0 Å². The first-order valence-electron chi connectivity index (χ1n) is 7.00. The zero-order valence-electron chi connectivity index (χ0n) is 12.5. The van der Waals surface area contributed by atoms with E-state index in [1.807, 2.05) is 37.1 Å². The predicted octanol–water partition coefficient (Wildman–Crippen LogP) is 4.85. The molecule has 5 heteroatoms. The molecular weight excluding hydrogens is 307 g/mol. The highest BCUT2D eigenvalue weighted by Gasteiger charge is 2.17. The maximum atomic E-state index is 14.3. The van der Waals surface area contributed by atoms with Crippen LogP contribution in [0.4, 0.5) is 10.1 Å². The Kier molecular flexibility index (Phi) is 5.62. The SMILES string of the molecule is CCNC(C)c1cccc(F)c1N(C)Cc1ccc(Cl)s1. The van der Waals surface area contributed by atoms with E-state index in [-0.39, 0.29) is 11.9 Å². The number of rotatable bonds is 6. The third-order valence-electron chi connectivity index (χ3n) is 3.40. The largest absolute Gasteiger partial charge is 0.367 e. The molecule has 0 spiro atoms. The molecule has 1 aromatic heterocycles. The van der Waals surface area contributed by atoms with E-state index < -0.39 is 0 Å². The fraction of sp³-hybridized carbons (Fsp3) is 0.375. The van der Waals surface area contributed by atoms with Crippen molar-refractivity contribution < 1.29 is 4.39 Å². The van der Waals surface area contributed by atoms with Gasteiger partial charge in [-0.05, 0) is 37.2 Å². The van der Waals surface area contributed by atoms with E-state index in [9.17, 15) is 4.39 Å². The smallest absolute Gasteiger partial charge is 0.146 e. The number of hydrogen-bond donors (Lipinski definition) is 1. The summed E-state index contributed by atoms with van der Waals surface area (Å²) in [5.74, 6) is -0.192. The van der Waals surface area contributed by atoms with Crippen LogP contribution in [0.1, 0.15) is 30.3 Å². The summed E-state index contributed by atoms with van der Waals surface area (Å²) in [5, 5.41) is 3.34. The molecule has 1 unspecified atom stereocenters. The van der Waals surface area contributed by atoms with Gasteiger partial charge in [0.1, 0.15) is 5.82 Å². The molecule has 0 fully saturated rings. The Hall–Kier alpha value is -1.10. The second kappa shape index (κ2) is 7.25. The molecule has 2 aromatic rings. The van der Waals surface area contributed by atoms with Crippen molar-refractivity contribution in [1.29, 1.82) is 0 Å². The van der Waals surface area contributed by atoms with Crippen LogP contribution in [0.25, 0.3) is 0 Å². The van der Waals surface area contributed by atoms with Crippen LogP contribution in [0, 0.1) is 5.82 Å². The van der Waals surface area contributed by atoms with Crippen LogP contribution in [0.3, 0.4) is 0 Å². The number of hydrogen-bond acceptors (Lipinski definition) is 3. The van der Waals surface area contributed by atoms with Crippen molar-refractivity contribution in [3.63, 3.8) is 0 Å². The molecule has 2 nitrogen and oxygen atoms in total. The third-order valence-corrected chi connectivity index (χ3v) is 4.61. The van der Waals surface area contributed by atoms with Gasteiger partial charge in [0.15, 0.2) is 0 Å². The maximum Gasteiger partial charge on any atom is 0.146 e. The molecule has 0 amide bonds. The van der Waals surface area contributed by atoms with Crippen molar-refractivity contribution in [2.24, 2.45) is 0 Å². The Labute approximate surface area is 134 Å². The predicted molar refractivity (Wildman–Crippen MR) is 89.9 cm³/mol. The Bertz CT molecular complexity index is 600. The number of nitrogens with zero attached hydrogens (tertiary/aromatic N) is 1. The number of anilines is 1. The van der Waals surface area contributed by atoms with Crippen LogP contribution < -0.4 is 10.2 Å². The third kappa shape index (κ3) is 3.96. The summed E-state index contributed by atoms with van der Waals surface area (Å²) >= 11 is 7.49. The van der Waals surface area contributed by atoms with Crippen LogP contribution >= 0.6 is 22.9 Å². The highest BCUT2D eigenvalue weighted by molar-refractivity contribution is 7.16. The molecule has 0 radical (unpaired) electrons. The molecule has 2 rings (SSSR count). The van der Waals surface area contributed by atoms with Gasteiger partial charge in [-0.3, -0.25) is 0 Å². The van der Waals surface area contributed by atoms with E-state index in [1.54, 1.807) is 6.07 Å². The molecule has 1 N–H and O–H groups in total. The van der Waals surface area contributed by atoms with E-state index >= 15 is 0 Å². The first-order chi connectivity index (χ1) is 10.0. The second-order valence-corrected chi connectivity index (χ2v) is 6.82.